The van der Waals surface area contributed by atoms with E-state index in [-0.39, 0.29) is 0 Å². The molecule has 1 rings (SSSR count). The number of phosphoric ester groups is 6. The first kappa shape index (κ1) is 34.7. The topological polar surface area (TPSA) is 401 Å². The molecule has 0 aromatic heterocycles. The van der Waals surface area contributed by atoms with E-state index < -0.39 is 83.6 Å². The summed E-state index contributed by atoms with van der Waals surface area (Å²) in [6, 6.07) is 0. The fourth-order valence-corrected chi connectivity index (χ4v) is 6.14. The minimum Gasteiger partial charge on any atom is -0.303 e. The van der Waals surface area contributed by atoms with Crippen molar-refractivity contribution in [2.24, 2.45) is 0 Å². The summed E-state index contributed by atoms with van der Waals surface area (Å²) >= 11 is 0. The first-order chi connectivity index (χ1) is 15.6. The Labute approximate surface area is 197 Å². The smallest absolute Gasteiger partial charge is 0.303 e. The first-order valence-electron chi connectivity index (χ1n) is 8.01. The summed E-state index contributed by atoms with van der Waals surface area (Å²) in [5.41, 5.74) is 0. The molecule has 216 valence electrons. The molecule has 0 aliphatic heterocycles. The third-order valence-corrected chi connectivity index (χ3v) is 6.61. The van der Waals surface area contributed by atoms with Gasteiger partial charge < -0.3 is 58.7 Å². The maximum atomic E-state index is 11.4. The van der Waals surface area contributed by atoms with Crippen molar-refractivity contribution in [3.8, 4) is 0 Å². The second-order valence-electron chi connectivity index (χ2n) is 6.36. The summed E-state index contributed by atoms with van der Waals surface area (Å²) in [6.07, 6.45) is -18.9. The van der Waals surface area contributed by atoms with Crippen LogP contribution in [-0.4, -0.2) is 95.3 Å². The summed E-state index contributed by atoms with van der Waals surface area (Å²) in [6.45, 7) is 0. The highest BCUT2D eigenvalue weighted by Crippen LogP contribution is 2.57. The van der Waals surface area contributed by atoms with E-state index in [1.807, 2.05) is 0 Å². The van der Waals surface area contributed by atoms with Crippen LogP contribution in [0.4, 0.5) is 0 Å². The highest BCUT2D eigenvalue weighted by molar-refractivity contribution is 7.47. The van der Waals surface area contributed by atoms with E-state index in [4.69, 9.17) is 58.7 Å². The Morgan fingerprint density at radius 2 is 0.361 bits per heavy atom. The van der Waals surface area contributed by atoms with E-state index in [1.54, 1.807) is 0 Å². The number of hydrogen-bond acceptors (Lipinski definition) is 12. The van der Waals surface area contributed by atoms with Crippen LogP contribution in [0.5, 0.6) is 0 Å². The highest BCUT2D eigenvalue weighted by atomic mass is 31.2. The molecule has 24 nitrogen and oxygen atoms in total. The van der Waals surface area contributed by atoms with Crippen LogP contribution in [-0.2, 0) is 54.5 Å². The molecule has 0 radical (unpaired) electrons. The largest absolute Gasteiger partial charge is 0.470 e. The van der Waals surface area contributed by atoms with E-state index in [2.05, 4.69) is 27.1 Å². The standard InChI is InChI=1S/C6H18O24P6/c7-31(8,9)25-1-2(26-32(10,11)12)4(28-34(16,17)18)6(30-36(22,23)24)5(29-35(19,20)21)3(1)27-33(13,14)15/h1-6H,(H2,7,8,9)(H2,10,11,12)(H2,13,14,15)(H2,16,17,18)(H2,19,20,21)(H2,22,23,24)/t1-,2-,3-,4-,5-,6+. The molecule has 0 saturated heterocycles. The molecule has 0 atom stereocenters. The zero-order chi connectivity index (χ0) is 28.7. The van der Waals surface area contributed by atoms with Gasteiger partial charge in [0.05, 0.1) is 0 Å². The van der Waals surface area contributed by atoms with Gasteiger partial charge in [-0.3, -0.25) is 27.1 Å². The molecular formula is C6H18O24P6. The molecule has 0 aromatic rings. The molecular weight excluding hydrogens is 642 g/mol. The predicted molar refractivity (Wildman–Crippen MR) is 102 cm³/mol. The lowest BCUT2D eigenvalue weighted by Crippen LogP contribution is -2.66. The monoisotopic (exact) mass is 660 g/mol. The van der Waals surface area contributed by atoms with Crippen molar-refractivity contribution < 1.29 is 113 Å². The maximum absolute atomic E-state index is 11.4. The molecule has 1 aliphatic carbocycles. The molecule has 36 heavy (non-hydrogen) atoms. The number of rotatable bonds is 12. The van der Waals surface area contributed by atoms with E-state index in [1.165, 1.54) is 0 Å². The van der Waals surface area contributed by atoms with Crippen molar-refractivity contribution in [3.05, 3.63) is 0 Å². The number of phosphoric acid groups is 6. The lowest BCUT2D eigenvalue weighted by atomic mass is 9.85. The molecule has 0 unspecified atom stereocenters. The minimum absolute atomic E-state index is 3.14. The van der Waals surface area contributed by atoms with Crippen molar-refractivity contribution in [3.63, 3.8) is 0 Å². The van der Waals surface area contributed by atoms with Gasteiger partial charge in [-0.15, -0.1) is 0 Å². The van der Waals surface area contributed by atoms with Crippen molar-refractivity contribution >= 4 is 46.9 Å². The second kappa shape index (κ2) is 11.6. The van der Waals surface area contributed by atoms with Gasteiger partial charge in [-0.05, 0) is 0 Å². The van der Waals surface area contributed by atoms with Crippen LogP contribution in [0, 0.1) is 0 Å². The molecule has 1 saturated carbocycles. The fourth-order valence-electron chi connectivity index (χ4n) is 2.79. The van der Waals surface area contributed by atoms with Gasteiger partial charge in [0.2, 0.25) is 0 Å². The summed E-state index contributed by atoms with van der Waals surface area (Å²) in [7, 11) is -36.1. The van der Waals surface area contributed by atoms with Crippen LogP contribution in [0.15, 0.2) is 0 Å². The summed E-state index contributed by atoms with van der Waals surface area (Å²) in [5, 5.41) is 0. The van der Waals surface area contributed by atoms with Crippen molar-refractivity contribution in [2.75, 3.05) is 0 Å². The van der Waals surface area contributed by atoms with Crippen molar-refractivity contribution in [2.45, 2.75) is 36.6 Å². The Kier molecular flexibility index (Phi) is 11.2. The zero-order valence-electron chi connectivity index (χ0n) is 16.4. The van der Waals surface area contributed by atoms with Crippen molar-refractivity contribution in [1.82, 2.24) is 0 Å². The third kappa shape index (κ3) is 13.1. The maximum Gasteiger partial charge on any atom is 0.470 e. The Bertz CT molecular complexity index is 818. The van der Waals surface area contributed by atoms with Gasteiger partial charge in [0, 0.05) is 0 Å². The van der Waals surface area contributed by atoms with Gasteiger partial charge in [0.15, 0.2) is 0 Å². The lowest BCUT2D eigenvalue weighted by molar-refractivity contribution is -0.202. The summed E-state index contributed by atoms with van der Waals surface area (Å²) in [5.74, 6) is 0. The molecule has 30 heteroatoms. The van der Waals surface area contributed by atoms with Gasteiger partial charge >= 0.3 is 46.9 Å². The second-order valence-corrected chi connectivity index (χ2v) is 13.5. The lowest BCUT2D eigenvalue weighted by Gasteiger charge is -2.48. The van der Waals surface area contributed by atoms with Gasteiger partial charge in [0.25, 0.3) is 0 Å². The zero-order valence-corrected chi connectivity index (χ0v) is 21.8. The van der Waals surface area contributed by atoms with Gasteiger partial charge in [-0.25, -0.2) is 27.4 Å². The Morgan fingerprint density at radius 1 is 0.278 bits per heavy atom. The van der Waals surface area contributed by atoms with Crippen LogP contribution < -0.4 is 0 Å². The molecule has 0 amide bonds. The van der Waals surface area contributed by atoms with E-state index >= 15 is 0 Å². The van der Waals surface area contributed by atoms with Gasteiger partial charge in [0.1, 0.15) is 36.6 Å². The number of hydrogen-bond donors (Lipinski definition) is 12. The molecule has 12 N–H and O–H groups in total. The Hall–Kier alpha value is 0.660. The average molecular weight is 660 g/mol. The van der Waals surface area contributed by atoms with Crippen LogP contribution in [0.25, 0.3) is 0 Å². The first-order valence-corrected chi connectivity index (χ1v) is 17.2. The predicted octanol–water partition coefficient (Wildman–Crippen LogP) is -3.13. The average Bonchev–Trinajstić information content (AvgIpc) is 2.51. The normalized spacial score (nSPS) is 29.3. The quantitative estimate of drug-likeness (QED) is 0.0920. The van der Waals surface area contributed by atoms with E-state index in [0.717, 1.165) is 0 Å². The fraction of sp³-hybridized carbons (Fsp3) is 1.00. The van der Waals surface area contributed by atoms with Gasteiger partial charge in [-0.2, -0.15) is 0 Å². The van der Waals surface area contributed by atoms with Gasteiger partial charge in [-0.1, -0.05) is 0 Å². The van der Waals surface area contributed by atoms with E-state index in [0.29, 0.717) is 0 Å². The van der Waals surface area contributed by atoms with Crippen LogP contribution >= 0.6 is 46.9 Å². The van der Waals surface area contributed by atoms with Crippen LogP contribution in [0.2, 0.25) is 0 Å². The van der Waals surface area contributed by atoms with E-state index in [9.17, 15) is 27.4 Å². The van der Waals surface area contributed by atoms with Crippen LogP contribution in [0.1, 0.15) is 0 Å². The van der Waals surface area contributed by atoms with Crippen molar-refractivity contribution in [1.29, 1.82) is 0 Å². The molecule has 1 fully saturated rings. The molecule has 0 aromatic carbocycles. The SMILES string of the molecule is O=P(O)(O)O[C@H]1[C@H](OP(=O)(O)O)[C@H](OP(=O)(O)O)[C@@H](OP(=O)(O)O)[C@@H](OP(=O)(O)O)[C@H]1OP(=O)(O)O. The Balaban J connectivity index is 4.04. The third-order valence-electron chi connectivity index (χ3n) is 3.50. The Morgan fingerprint density at radius 3 is 0.417 bits per heavy atom. The molecule has 1 aliphatic rings. The highest BCUT2D eigenvalue weighted by Gasteiger charge is 2.62. The molecule has 0 heterocycles. The molecule has 0 spiro atoms. The van der Waals surface area contributed by atoms with Crippen LogP contribution in [0.3, 0.4) is 0 Å². The summed E-state index contributed by atoms with van der Waals surface area (Å²) in [4.78, 5) is 110. The minimum atomic E-state index is -6.02. The summed E-state index contributed by atoms with van der Waals surface area (Å²) < 4.78 is 93.1. The molecule has 0 bridgehead atoms.